The lowest BCUT2D eigenvalue weighted by molar-refractivity contribution is -0.561. The molecular formula is C8H14O3. The van der Waals surface area contributed by atoms with E-state index in [1.807, 2.05) is 0 Å². The Morgan fingerprint density at radius 3 is 2.45 bits per heavy atom. The van der Waals surface area contributed by atoms with Crippen molar-refractivity contribution in [2.24, 2.45) is 0 Å². The predicted octanol–water partition coefficient (Wildman–Crippen LogP) is 1.62. The summed E-state index contributed by atoms with van der Waals surface area (Å²) in [4.78, 5) is 9.99. The highest BCUT2D eigenvalue weighted by Crippen LogP contribution is 2.42. The summed E-state index contributed by atoms with van der Waals surface area (Å²) in [7, 11) is 1.67. The molecule has 3 heteroatoms. The van der Waals surface area contributed by atoms with E-state index in [-0.39, 0.29) is 11.9 Å². The molecular weight excluding hydrogens is 144 g/mol. The summed E-state index contributed by atoms with van der Waals surface area (Å²) in [6.45, 7) is 0. The maximum absolute atomic E-state index is 5.14. The average molecular weight is 158 g/mol. The molecule has 1 saturated heterocycles. The number of ether oxygens (including phenoxy) is 1. The summed E-state index contributed by atoms with van der Waals surface area (Å²) in [6, 6.07) is 0. The van der Waals surface area contributed by atoms with Gasteiger partial charge in [0.15, 0.2) is 5.60 Å². The van der Waals surface area contributed by atoms with E-state index in [0.717, 1.165) is 12.8 Å². The second-order valence-corrected chi connectivity index (χ2v) is 3.37. The van der Waals surface area contributed by atoms with Crippen LogP contribution in [0.1, 0.15) is 32.1 Å². The minimum absolute atomic E-state index is 0.0764. The SMILES string of the molecule is CO[C@@H]1OOC12CCCCC2. The summed E-state index contributed by atoms with van der Waals surface area (Å²) >= 11 is 0. The van der Waals surface area contributed by atoms with Gasteiger partial charge in [-0.3, -0.25) is 0 Å². The Morgan fingerprint density at radius 1 is 1.27 bits per heavy atom. The van der Waals surface area contributed by atoms with Crippen LogP contribution in [-0.4, -0.2) is 19.0 Å². The van der Waals surface area contributed by atoms with Crippen LogP contribution in [0.2, 0.25) is 0 Å². The van der Waals surface area contributed by atoms with Crippen molar-refractivity contribution in [2.75, 3.05) is 7.11 Å². The van der Waals surface area contributed by atoms with Gasteiger partial charge in [-0.15, -0.1) is 0 Å². The van der Waals surface area contributed by atoms with E-state index in [1.54, 1.807) is 7.11 Å². The van der Waals surface area contributed by atoms with Gasteiger partial charge in [-0.2, -0.15) is 0 Å². The monoisotopic (exact) mass is 158 g/mol. The Bertz CT molecular complexity index is 138. The number of hydrogen-bond acceptors (Lipinski definition) is 3. The van der Waals surface area contributed by atoms with Crippen molar-refractivity contribution in [3.05, 3.63) is 0 Å². The largest absolute Gasteiger partial charge is 0.351 e. The third-order valence-corrected chi connectivity index (χ3v) is 2.65. The lowest BCUT2D eigenvalue weighted by Crippen LogP contribution is -2.58. The van der Waals surface area contributed by atoms with Gasteiger partial charge in [0.1, 0.15) is 0 Å². The molecule has 1 saturated carbocycles. The van der Waals surface area contributed by atoms with Crippen molar-refractivity contribution < 1.29 is 14.5 Å². The quantitative estimate of drug-likeness (QED) is 0.543. The molecule has 0 bridgehead atoms. The van der Waals surface area contributed by atoms with E-state index >= 15 is 0 Å². The maximum atomic E-state index is 5.14. The summed E-state index contributed by atoms with van der Waals surface area (Å²) in [6.07, 6.45) is 5.87. The molecule has 1 aliphatic heterocycles. The Hall–Kier alpha value is -0.120. The highest BCUT2D eigenvalue weighted by Gasteiger charge is 2.52. The Kier molecular flexibility index (Phi) is 1.87. The van der Waals surface area contributed by atoms with E-state index in [2.05, 4.69) is 0 Å². The molecule has 1 heterocycles. The molecule has 1 spiro atoms. The second kappa shape index (κ2) is 2.73. The van der Waals surface area contributed by atoms with Crippen molar-refractivity contribution in [1.29, 1.82) is 0 Å². The number of methoxy groups -OCH3 is 1. The molecule has 0 amide bonds. The van der Waals surface area contributed by atoms with E-state index < -0.39 is 0 Å². The molecule has 1 aliphatic carbocycles. The van der Waals surface area contributed by atoms with Gasteiger partial charge in [-0.1, -0.05) is 19.3 Å². The van der Waals surface area contributed by atoms with Crippen molar-refractivity contribution in [3.8, 4) is 0 Å². The number of rotatable bonds is 1. The second-order valence-electron chi connectivity index (χ2n) is 3.37. The van der Waals surface area contributed by atoms with Crippen LogP contribution in [0, 0.1) is 0 Å². The van der Waals surface area contributed by atoms with Gasteiger partial charge in [0.2, 0.25) is 6.29 Å². The molecule has 0 unspecified atom stereocenters. The first-order chi connectivity index (χ1) is 5.37. The maximum Gasteiger partial charge on any atom is 0.223 e. The van der Waals surface area contributed by atoms with Crippen LogP contribution in [-0.2, 0) is 14.5 Å². The van der Waals surface area contributed by atoms with Gasteiger partial charge in [0.05, 0.1) is 0 Å². The van der Waals surface area contributed by atoms with Gasteiger partial charge < -0.3 is 4.74 Å². The summed E-state index contributed by atoms with van der Waals surface area (Å²) in [5.41, 5.74) is -0.0764. The summed E-state index contributed by atoms with van der Waals surface area (Å²) in [5, 5.41) is 0. The molecule has 2 fully saturated rings. The fraction of sp³-hybridized carbons (Fsp3) is 1.00. The Morgan fingerprint density at radius 2 is 2.00 bits per heavy atom. The topological polar surface area (TPSA) is 27.7 Å². The van der Waals surface area contributed by atoms with E-state index in [9.17, 15) is 0 Å². The lowest BCUT2D eigenvalue weighted by atomic mass is 9.83. The van der Waals surface area contributed by atoms with Gasteiger partial charge >= 0.3 is 0 Å². The zero-order chi connectivity index (χ0) is 7.73. The van der Waals surface area contributed by atoms with E-state index in [4.69, 9.17) is 14.5 Å². The molecule has 64 valence electrons. The molecule has 0 aromatic carbocycles. The Labute approximate surface area is 66.6 Å². The molecule has 0 aromatic heterocycles. The average Bonchev–Trinajstić information content (AvgIpc) is 2.05. The van der Waals surface area contributed by atoms with Gasteiger partial charge in [0.25, 0.3) is 0 Å². The van der Waals surface area contributed by atoms with Crippen molar-refractivity contribution in [2.45, 2.75) is 44.0 Å². The van der Waals surface area contributed by atoms with Gasteiger partial charge in [0, 0.05) is 7.11 Å². The Balaban J connectivity index is 1.97. The van der Waals surface area contributed by atoms with Crippen molar-refractivity contribution >= 4 is 0 Å². The zero-order valence-electron chi connectivity index (χ0n) is 6.84. The highest BCUT2D eigenvalue weighted by atomic mass is 17.3. The van der Waals surface area contributed by atoms with Crippen LogP contribution in [0.3, 0.4) is 0 Å². The standard InChI is InChI=1S/C8H14O3/c1-9-7-8(11-10-7)5-3-2-4-6-8/h7H,2-6H2,1H3/t7-/m1/s1. The normalized spacial score (nSPS) is 35.2. The van der Waals surface area contributed by atoms with Crippen molar-refractivity contribution in [3.63, 3.8) is 0 Å². The van der Waals surface area contributed by atoms with Crippen LogP contribution in [0.25, 0.3) is 0 Å². The summed E-state index contributed by atoms with van der Waals surface area (Å²) in [5.74, 6) is 0. The smallest absolute Gasteiger partial charge is 0.223 e. The predicted molar refractivity (Wildman–Crippen MR) is 38.8 cm³/mol. The minimum Gasteiger partial charge on any atom is -0.351 e. The molecule has 3 nitrogen and oxygen atoms in total. The molecule has 0 N–H and O–H groups in total. The first kappa shape index (κ1) is 7.53. The van der Waals surface area contributed by atoms with Crippen molar-refractivity contribution in [1.82, 2.24) is 0 Å². The fourth-order valence-corrected chi connectivity index (χ4v) is 1.95. The van der Waals surface area contributed by atoms with E-state index in [0.29, 0.717) is 0 Å². The third-order valence-electron chi connectivity index (χ3n) is 2.65. The van der Waals surface area contributed by atoms with Gasteiger partial charge in [-0.25, -0.2) is 9.78 Å². The molecule has 11 heavy (non-hydrogen) atoms. The number of hydrogen-bond donors (Lipinski definition) is 0. The summed E-state index contributed by atoms with van der Waals surface area (Å²) < 4.78 is 5.13. The fourth-order valence-electron chi connectivity index (χ4n) is 1.95. The van der Waals surface area contributed by atoms with E-state index in [1.165, 1.54) is 19.3 Å². The molecule has 2 rings (SSSR count). The van der Waals surface area contributed by atoms with Crippen LogP contribution < -0.4 is 0 Å². The first-order valence-electron chi connectivity index (χ1n) is 4.25. The van der Waals surface area contributed by atoms with Crippen LogP contribution in [0.5, 0.6) is 0 Å². The molecule has 0 aromatic rings. The zero-order valence-corrected chi connectivity index (χ0v) is 6.84. The van der Waals surface area contributed by atoms with Crippen LogP contribution in [0.15, 0.2) is 0 Å². The highest BCUT2D eigenvalue weighted by molar-refractivity contribution is 4.90. The molecule has 2 aliphatic rings. The molecule has 0 radical (unpaired) electrons. The van der Waals surface area contributed by atoms with Crippen LogP contribution in [0.4, 0.5) is 0 Å². The molecule has 1 atom stereocenters. The first-order valence-corrected chi connectivity index (χ1v) is 4.25. The third kappa shape index (κ3) is 1.08. The van der Waals surface area contributed by atoms with Gasteiger partial charge in [-0.05, 0) is 12.8 Å². The van der Waals surface area contributed by atoms with Crippen LogP contribution >= 0.6 is 0 Å². The minimum atomic E-state index is -0.109. The lowest BCUT2D eigenvalue weighted by Gasteiger charge is -2.47.